The summed E-state index contributed by atoms with van der Waals surface area (Å²) in [6, 6.07) is 0.146. The van der Waals surface area contributed by atoms with Crippen molar-refractivity contribution in [3.05, 3.63) is 0 Å². The highest BCUT2D eigenvalue weighted by atomic mass is 16.5. The van der Waals surface area contributed by atoms with Gasteiger partial charge in [-0.05, 0) is 52.9 Å². The molecule has 1 heterocycles. The van der Waals surface area contributed by atoms with E-state index in [1.165, 1.54) is 6.42 Å². The molecule has 0 aliphatic carbocycles. The Kier molecular flexibility index (Phi) is 7.48. The normalized spacial score (nSPS) is 22.7. The Hall–Kier alpha value is -0.650. The summed E-state index contributed by atoms with van der Waals surface area (Å²) in [4.78, 5) is 11.3. The number of nitrogens with one attached hydrogen (secondary N) is 1. The molecule has 1 fully saturated rings. The largest absolute Gasteiger partial charge is 0.480 e. The van der Waals surface area contributed by atoms with Crippen molar-refractivity contribution < 1.29 is 19.4 Å². The first-order chi connectivity index (χ1) is 9.44. The maximum atomic E-state index is 11.3. The van der Waals surface area contributed by atoms with Gasteiger partial charge in [0.1, 0.15) is 5.54 Å². The average molecular weight is 287 g/mol. The molecule has 0 amide bonds. The van der Waals surface area contributed by atoms with Crippen LogP contribution in [0.5, 0.6) is 0 Å². The van der Waals surface area contributed by atoms with Gasteiger partial charge in [-0.2, -0.15) is 0 Å². The molecule has 0 saturated carbocycles. The number of rotatable bonds is 9. The number of ether oxygens (including phenoxy) is 2. The Bertz CT molecular complexity index is 290. The summed E-state index contributed by atoms with van der Waals surface area (Å²) in [7, 11) is 0. The van der Waals surface area contributed by atoms with Gasteiger partial charge in [-0.15, -0.1) is 0 Å². The fraction of sp³-hybridized carbons (Fsp3) is 0.933. The predicted molar refractivity (Wildman–Crippen MR) is 78.0 cm³/mol. The van der Waals surface area contributed by atoms with E-state index in [0.29, 0.717) is 19.6 Å². The predicted octanol–water partition coefficient (Wildman–Crippen LogP) is 2.19. The summed E-state index contributed by atoms with van der Waals surface area (Å²) >= 11 is 0. The molecule has 0 bridgehead atoms. The number of aliphatic carboxylic acids is 1. The first-order valence-corrected chi connectivity index (χ1v) is 7.64. The van der Waals surface area contributed by atoms with Crippen LogP contribution in [0.15, 0.2) is 0 Å². The molecular formula is C15H29NO4. The lowest BCUT2D eigenvalue weighted by molar-refractivity contribution is -0.145. The first-order valence-electron chi connectivity index (χ1n) is 7.64. The fourth-order valence-corrected chi connectivity index (χ4v) is 2.56. The van der Waals surface area contributed by atoms with Crippen molar-refractivity contribution in [2.45, 2.75) is 70.6 Å². The molecule has 20 heavy (non-hydrogen) atoms. The van der Waals surface area contributed by atoms with Crippen molar-refractivity contribution in [3.8, 4) is 0 Å². The zero-order valence-electron chi connectivity index (χ0n) is 13.0. The van der Waals surface area contributed by atoms with E-state index in [2.05, 4.69) is 5.32 Å². The monoisotopic (exact) mass is 287 g/mol. The van der Waals surface area contributed by atoms with Gasteiger partial charge in [-0.3, -0.25) is 10.1 Å². The Labute approximate surface area is 122 Å². The van der Waals surface area contributed by atoms with Crippen LogP contribution in [0.3, 0.4) is 0 Å². The second-order valence-electron chi connectivity index (χ2n) is 6.10. The van der Waals surface area contributed by atoms with Crippen LogP contribution in [0.25, 0.3) is 0 Å². The second-order valence-corrected chi connectivity index (χ2v) is 6.10. The van der Waals surface area contributed by atoms with Crippen LogP contribution < -0.4 is 5.32 Å². The van der Waals surface area contributed by atoms with Crippen molar-refractivity contribution >= 4 is 5.97 Å². The molecule has 0 radical (unpaired) electrons. The minimum Gasteiger partial charge on any atom is -0.480 e. The molecule has 2 atom stereocenters. The van der Waals surface area contributed by atoms with Gasteiger partial charge in [0, 0.05) is 19.3 Å². The molecule has 0 spiro atoms. The lowest BCUT2D eigenvalue weighted by Gasteiger charge is -2.29. The fourth-order valence-electron chi connectivity index (χ4n) is 2.56. The summed E-state index contributed by atoms with van der Waals surface area (Å²) in [6.07, 6.45) is 4.95. The molecule has 5 heteroatoms. The molecule has 2 unspecified atom stereocenters. The average Bonchev–Trinajstić information content (AvgIpc) is 2.38. The molecule has 0 aromatic rings. The highest BCUT2D eigenvalue weighted by Crippen LogP contribution is 2.15. The second kappa shape index (κ2) is 8.60. The van der Waals surface area contributed by atoms with Gasteiger partial charge in [0.2, 0.25) is 0 Å². The zero-order chi connectivity index (χ0) is 15.0. The van der Waals surface area contributed by atoms with E-state index in [4.69, 9.17) is 9.47 Å². The van der Waals surface area contributed by atoms with Crippen molar-refractivity contribution in [3.63, 3.8) is 0 Å². The SMILES string of the molecule is CC(C)NC(C)(CCCOCC1CCCCO1)C(=O)O. The summed E-state index contributed by atoms with van der Waals surface area (Å²) in [5.74, 6) is -0.804. The summed E-state index contributed by atoms with van der Waals surface area (Å²) in [5, 5.41) is 12.4. The quantitative estimate of drug-likeness (QED) is 0.636. The van der Waals surface area contributed by atoms with Gasteiger partial charge in [0.15, 0.2) is 0 Å². The lowest BCUT2D eigenvalue weighted by Crippen LogP contribution is -2.52. The van der Waals surface area contributed by atoms with E-state index in [1.54, 1.807) is 6.92 Å². The van der Waals surface area contributed by atoms with Crippen LogP contribution in [0.1, 0.15) is 52.9 Å². The minimum atomic E-state index is -0.876. The van der Waals surface area contributed by atoms with Gasteiger partial charge in [-0.25, -0.2) is 0 Å². The molecule has 5 nitrogen and oxygen atoms in total. The van der Waals surface area contributed by atoms with E-state index in [-0.39, 0.29) is 12.1 Å². The molecule has 2 N–H and O–H groups in total. The molecule has 0 aromatic heterocycles. The van der Waals surface area contributed by atoms with Crippen LogP contribution in [0, 0.1) is 0 Å². The highest BCUT2D eigenvalue weighted by Gasteiger charge is 2.32. The first kappa shape index (κ1) is 17.4. The number of carboxylic acids is 1. The van der Waals surface area contributed by atoms with Crippen LogP contribution >= 0.6 is 0 Å². The Morgan fingerprint density at radius 2 is 2.25 bits per heavy atom. The third-order valence-corrected chi connectivity index (χ3v) is 3.62. The zero-order valence-corrected chi connectivity index (χ0v) is 13.0. The van der Waals surface area contributed by atoms with Crippen molar-refractivity contribution in [1.82, 2.24) is 5.32 Å². The molecule has 1 aliphatic rings. The number of carbonyl (C=O) groups is 1. The van der Waals surface area contributed by atoms with E-state index in [1.807, 2.05) is 13.8 Å². The third kappa shape index (κ3) is 6.20. The molecule has 118 valence electrons. The maximum Gasteiger partial charge on any atom is 0.323 e. The highest BCUT2D eigenvalue weighted by molar-refractivity contribution is 5.78. The van der Waals surface area contributed by atoms with Crippen molar-refractivity contribution in [1.29, 1.82) is 0 Å². The Morgan fingerprint density at radius 3 is 2.80 bits per heavy atom. The standard InChI is InChI=1S/C15H29NO4/c1-12(2)16-15(3,14(17)18)8-6-9-19-11-13-7-4-5-10-20-13/h12-13,16H,4-11H2,1-3H3,(H,17,18). The van der Waals surface area contributed by atoms with Gasteiger partial charge in [0.25, 0.3) is 0 Å². The van der Waals surface area contributed by atoms with Gasteiger partial charge in [0.05, 0.1) is 12.7 Å². The molecule has 1 aliphatic heterocycles. The van der Waals surface area contributed by atoms with Crippen LogP contribution in [0.2, 0.25) is 0 Å². The number of carboxylic acid groups (broad SMARTS) is 1. The van der Waals surface area contributed by atoms with Crippen LogP contribution in [-0.4, -0.2) is 48.6 Å². The van der Waals surface area contributed by atoms with Crippen molar-refractivity contribution in [2.75, 3.05) is 19.8 Å². The van der Waals surface area contributed by atoms with E-state index >= 15 is 0 Å². The maximum absolute atomic E-state index is 11.3. The molecule has 1 rings (SSSR count). The lowest BCUT2D eigenvalue weighted by atomic mass is 9.95. The Morgan fingerprint density at radius 1 is 1.50 bits per heavy atom. The van der Waals surface area contributed by atoms with E-state index < -0.39 is 11.5 Å². The summed E-state index contributed by atoms with van der Waals surface area (Å²) in [6.45, 7) is 7.70. The molecule has 1 saturated heterocycles. The Balaban J connectivity index is 2.18. The minimum absolute atomic E-state index is 0.146. The van der Waals surface area contributed by atoms with Crippen LogP contribution in [0.4, 0.5) is 0 Å². The topological polar surface area (TPSA) is 67.8 Å². The van der Waals surface area contributed by atoms with E-state index in [0.717, 1.165) is 25.9 Å². The number of hydrogen-bond donors (Lipinski definition) is 2. The number of hydrogen-bond acceptors (Lipinski definition) is 4. The molecule has 0 aromatic carbocycles. The van der Waals surface area contributed by atoms with Gasteiger partial charge in [-0.1, -0.05) is 0 Å². The third-order valence-electron chi connectivity index (χ3n) is 3.62. The summed E-state index contributed by atoms with van der Waals surface area (Å²) < 4.78 is 11.2. The molecular weight excluding hydrogens is 258 g/mol. The smallest absolute Gasteiger partial charge is 0.323 e. The van der Waals surface area contributed by atoms with Gasteiger partial charge < -0.3 is 14.6 Å². The summed E-state index contributed by atoms with van der Waals surface area (Å²) in [5.41, 5.74) is -0.876. The van der Waals surface area contributed by atoms with Crippen LogP contribution in [-0.2, 0) is 14.3 Å². The van der Waals surface area contributed by atoms with Gasteiger partial charge >= 0.3 is 5.97 Å². The van der Waals surface area contributed by atoms with E-state index in [9.17, 15) is 9.90 Å². The van der Waals surface area contributed by atoms with Crippen molar-refractivity contribution in [2.24, 2.45) is 0 Å².